The molecular formula is C33H31N7O2. The third-order valence-electron chi connectivity index (χ3n) is 7.37. The summed E-state index contributed by atoms with van der Waals surface area (Å²) in [4.78, 5) is 7.12. The van der Waals surface area contributed by atoms with Gasteiger partial charge >= 0.3 is 0 Å². The second-order valence-electron chi connectivity index (χ2n) is 10.2. The van der Waals surface area contributed by atoms with E-state index in [1.807, 2.05) is 62.2 Å². The molecule has 0 saturated carbocycles. The van der Waals surface area contributed by atoms with E-state index in [2.05, 4.69) is 51.2 Å². The molecule has 6 rings (SSSR count). The Kier molecular flexibility index (Phi) is 8.12. The number of pyridine rings is 2. The number of ether oxygens (including phenoxy) is 2. The van der Waals surface area contributed by atoms with Crippen molar-refractivity contribution in [2.45, 2.75) is 12.8 Å². The van der Waals surface area contributed by atoms with Crippen molar-refractivity contribution in [2.24, 2.45) is 13.0 Å². The van der Waals surface area contributed by atoms with Gasteiger partial charge in [-0.1, -0.05) is 30.0 Å². The Bertz CT molecular complexity index is 1750. The lowest BCUT2D eigenvalue weighted by Crippen LogP contribution is -2.33. The van der Waals surface area contributed by atoms with E-state index in [1.165, 1.54) is 0 Å². The van der Waals surface area contributed by atoms with Crippen LogP contribution in [0.4, 0.5) is 5.82 Å². The zero-order chi connectivity index (χ0) is 28.7. The van der Waals surface area contributed by atoms with Crippen LogP contribution in [0, 0.1) is 29.1 Å². The predicted octanol–water partition coefficient (Wildman–Crippen LogP) is 4.98. The number of anilines is 1. The highest BCUT2D eigenvalue weighted by Gasteiger charge is 2.20. The fourth-order valence-corrected chi connectivity index (χ4v) is 5.18. The van der Waals surface area contributed by atoms with Crippen LogP contribution in [-0.4, -0.2) is 57.3 Å². The first-order valence-corrected chi connectivity index (χ1v) is 14.0. The first kappa shape index (κ1) is 27.1. The van der Waals surface area contributed by atoms with E-state index < -0.39 is 0 Å². The van der Waals surface area contributed by atoms with Crippen LogP contribution in [0.3, 0.4) is 0 Å². The van der Waals surface area contributed by atoms with Gasteiger partial charge in [-0.15, -0.1) is 0 Å². The van der Waals surface area contributed by atoms with Crippen molar-refractivity contribution in [2.75, 3.05) is 37.8 Å². The monoisotopic (exact) mass is 557 g/mol. The van der Waals surface area contributed by atoms with Crippen molar-refractivity contribution in [3.05, 3.63) is 85.1 Å². The molecule has 5 aromatic rings. The third-order valence-corrected chi connectivity index (χ3v) is 7.37. The van der Waals surface area contributed by atoms with Crippen LogP contribution in [0.1, 0.15) is 18.4 Å². The van der Waals surface area contributed by atoms with E-state index in [9.17, 15) is 5.26 Å². The Balaban J connectivity index is 1.06. The maximum Gasteiger partial charge on any atom is 0.128 e. The highest BCUT2D eigenvalue weighted by molar-refractivity contribution is 5.87. The maximum atomic E-state index is 9.70. The van der Waals surface area contributed by atoms with Gasteiger partial charge in [0.2, 0.25) is 0 Å². The number of rotatable bonds is 8. The Morgan fingerprint density at radius 3 is 2.52 bits per heavy atom. The molecule has 42 heavy (non-hydrogen) atoms. The van der Waals surface area contributed by atoms with Crippen molar-refractivity contribution >= 4 is 11.3 Å². The number of aromatic nitrogens is 5. The summed E-state index contributed by atoms with van der Waals surface area (Å²) in [5.74, 6) is 8.71. The predicted molar refractivity (Wildman–Crippen MR) is 161 cm³/mol. The van der Waals surface area contributed by atoms with Crippen molar-refractivity contribution in [1.29, 1.82) is 5.26 Å². The summed E-state index contributed by atoms with van der Waals surface area (Å²) in [5.41, 5.74) is 5.09. The first-order valence-electron chi connectivity index (χ1n) is 14.0. The van der Waals surface area contributed by atoms with Gasteiger partial charge in [-0.05, 0) is 43.2 Å². The van der Waals surface area contributed by atoms with Gasteiger partial charge in [0.25, 0.3) is 0 Å². The number of hydrogen-bond donors (Lipinski definition) is 0. The minimum absolute atomic E-state index is 0.361. The zero-order valence-corrected chi connectivity index (χ0v) is 23.5. The summed E-state index contributed by atoms with van der Waals surface area (Å²) < 4.78 is 14.8. The minimum atomic E-state index is 0.361. The molecule has 0 spiro atoms. The molecule has 210 valence electrons. The Labute approximate surface area is 244 Å². The largest absolute Gasteiger partial charge is 0.491 e. The quantitative estimate of drug-likeness (QED) is 0.196. The number of fused-ring (bicyclic) bond motifs is 1. The second-order valence-corrected chi connectivity index (χ2v) is 10.2. The summed E-state index contributed by atoms with van der Waals surface area (Å²) in [6.45, 7) is 3.25. The maximum absolute atomic E-state index is 9.70. The van der Waals surface area contributed by atoms with E-state index >= 15 is 0 Å². The van der Waals surface area contributed by atoms with Gasteiger partial charge in [0.1, 0.15) is 30.9 Å². The molecule has 5 heterocycles. The van der Waals surface area contributed by atoms with Crippen molar-refractivity contribution < 1.29 is 9.47 Å². The topological polar surface area (TPSA) is 93.5 Å². The second kappa shape index (κ2) is 12.6. The summed E-state index contributed by atoms with van der Waals surface area (Å²) in [6, 6.07) is 18.2. The molecule has 0 bridgehead atoms. The van der Waals surface area contributed by atoms with Crippen LogP contribution in [0.5, 0.6) is 5.75 Å². The Hall–Kier alpha value is -5.12. The van der Waals surface area contributed by atoms with Crippen LogP contribution >= 0.6 is 0 Å². The molecule has 1 aromatic carbocycles. The lowest BCUT2D eigenvalue weighted by molar-refractivity contribution is 0.124. The summed E-state index contributed by atoms with van der Waals surface area (Å²) >= 11 is 0. The Morgan fingerprint density at radius 2 is 1.79 bits per heavy atom. The molecule has 9 heteroatoms. The lowest BCUT2D eigenvalue weighted by Gasteiger charge is -2.30. The molecular weight excluding hydrogens is 526 g/mol. The summed E-state index contributed by atoms with van der Waals surface area (Å²) in [5, 5.41) is 18.4. The molecule has 1 saturated heterocycles. The van der Waals surface area contributed by atoms with Crippen LogP contribution in [0.2, 0.25) is 0 Å². The highest BCUT2D eigenvalue weighted by Crippen LogP contribution is 2.32. The van der Waals surface area contributed by atoms with Crippen LogP contribution in [-0.2, 0) is 11.8 Å². The van der Waals surface area contributed by atoms with E-state index in [1.54, 1.807) is 15.4 Å². The number of benzene rings is 1. The molecule has 1 fully saturated rings. The number of aryl methyl sites for hydroxylation is 1. The van der Waals surface area contributed by atoms with Gasteiger partial charge in [0, 0.05) is 66.9 Å². The molecule has 0 atom stereocenters. The fraction of sp³-hybridized carbons (Fsp3) is 0.273. The smallest absolute Gasteiger partial charge is 0.128 e. The molecule has 1 aliphatic rings. The van der Waals surface area contributed by atoms with Gasteiger partial charge in [0.15, 0.2) is 0 Å². The molecule has 0 aliphatic carbocycles. The molecule has 4 aromatic heterocycles. The minimum Gasteiger partial charge on any atom is -0.491 e. The SMILES string of the molecule is Cn1cc(-c2cc(-c3ccc(N4CCC(C#CCOCCOc5ccccc5)CC4)nc3)c3c(C#N)cnn3c2)cn1. The van der Waals surface area contributed by atoms with Gasteiger partial charge in [-0.3, -0.25) is 4.68 Å². The number of piperidine rings is 1. The normalized spacial score (nSPS) is 13.5. The van der Waals surface area contributed by atoms with Gasteiger partial charge < -0.3 is 14.4 Å². The van der Waals surface area contributed by atoms with E-state index in [4.69, 9.17) is 14.5 Å². The number of nitrogens with zero attached hydrogens (tertiary/aromatic N) is 7. The van der Waals surface area contributed by atoms with Gasteiger partial charge in [0.05, 0.1) is 30.1 Å². The molecule has 0 unspecified atom stereocenters. The van der Waals surface area contributed by atoms with E-state index in [-0.39, 0.29) is 0 Å². The van der Waals surface area contributed by atoms with E-state index in [0.29, 0.717) is 31.3 Å². The van der Waals surface area contributed by atoms with Gasteiger partial charge in [-0.2, -0.15) is 15.5 Å². The van der Waals surface area contributed by atoms with Crippen LogP contribution in [0.15, 0.2) is 79.5 Å². The third kappa shape index (κ3) is 6.12. The average molecular weight is 558 g/mol. The molecule has 9 nitrogen and oxygen atoms in total. The summed E-state index contributed by atoms with van der Waals surface area (Å²) in [6.07, 6.45) is 11.2. The fourth-order valence-electron chi connectivity index (χ4n) is 5.18. The van der Waals surface area contributed by atoms with E-state index in [0.717, 1.165) is 65.3 Å². The lowest BCUT2D eigenvalue weighted by atomic mass is 9.97. The molecule has 0 amide bonds. The molecule has 0 radical (unpaired) electrons. The summed E-state index contributed by atoms with van der Waals surface area (Å²) in [7, 11) is 1.89. The van der Waals surface area contributed by atoms with Gasteiger partial charge in [-0.25, -0.2) is 9.50 Å². The number of para-hydroxylation sites is 1. The average Bonchev–Trinajstić information content (AvgIpc) is 3.67. The van der Waals surface area contributed by atoms with Crippen LogP contribution in [0.25, 0.3) is 27.8 Å². The zero-order valence-electron chi connectivity index (χ0n) is 23.5. The Morgan fingerprint density at radius 1 is 0.929 bits per heavy atom. The molecule has 0 N–H and O–H groups in total. The van der Waals surface area contributed by atoms with Crippen LogP contribution < -0.4 is 9.64 Å². The number of nitriles is 1. The van der Waals surface area contributed by atoms with Crippen molar-refractivity contribution in [1.82, 2.24) is 24.4 Å². The molecule has 1 aliphatic heterocycles. The van der Waals surface area contributed by atoms with Crippen molar-refractivity contribution in [3.8, 4) is 45.9 Å². The first-order chi connectivity index (χ1) is 20.7. The number of hydrogen-bond acceptors (Lipinski definition) is 7. The van der Waals surface area contributed by atoms with Crippen molar-refractivity contribution in [3.63, 3.8) is 0 Å². The standard InChI is InChI=1S/C33H31N7O2/c1-38-23-29(22-36-38)27-18-31(33-28(19-34)21-37-40(33)24-27)26-9-10-32(35-20-26)39-13-11-25(12-14-39)6-5-15-41-16-17-42-30-7-3-2-4-8-30/h2-4,7-10,18,20-25H,11-17H2,1H3. The highest BCUT2D eigenvalue weighted by atomic mass is 16.5.